The molecule has 0 heterocycles. The van der Waals surface area contributed by atoms with Crippen LogP contribution < -0.4 is 10.1 Å². The van der Waals surface area contributed by atoms with E-state index in [1.165, 1.54) is 0 Å². The normalized spacial score (nSPS) is 11.8. The van der Waals surface area contributed by atoms with Gasteiger partial charge < -0.3 is 10.1 Å². The molecule has 0 aromatic heterocycles. The Morgan fingerprint density at radius 1 is 1.14 bits per heavy atom. The summed E-state index contributed by atoms with van der Waals surface area (Å²) in [5.41, 5.74) is 3.28. The number of aryl methyl sites for hydroxylation is 1. The highest BCUT2D eigenvalue weighted by atomic mass is 16.5. The first-order valence-electron chi connectivity index (χ1n) is 7.66. The molecule has 1 atom stereocenters. The van der Waals surface area contributed by atoms with Gasteiger partial charge in [0.1, 0.15) is 5.75 Å². The second-order valence-electron chi connectivity index (χ2n) is 5.39. The van der Waals surface area contributed by atoms with Crippen LogP contribution in [0.15, 0.2) is 48.5 Å². The Hall–Kier alpha value is -2.29. The van der Waals surface area contributed by atoms with Crippen molar-refractivity contribution in [2.75, 3.05) is 6.61 Å². The largest absolute Gasteiger partial charge is 0.494 e. The Labute approximate surface area is 132 Å². The monoisotopic (exact) mass is 297 g/mol. The quantitative estimate of drug-likeness (QED) is 0.880. The van der Waals surface area contributed by atoms with Crippen molar-refractivity contribution in [2.24, 2.45) is 0 Å². The van der Waals surface area contributed by atoms with Gasteiger partial charge in [-0.15, -0.1) is 0 Å². The van der Waals surface area contributed by atoms with E-state index in [1.54, 1.807) is 0 Å². The molecule has 0 bridgehead atoms. The van der Waals surface area contributed by atoms with Gasteiger partial charge in [0, 0.05) is 0 Å². The maximum absolute atomic E-state index is 12.2. The maximum atomic E-state index is 12.2. The molecular weight excluding hydrogens is 274 g/mol. The second kappa shape index (κ2) is 7.64. The number of hydrogen-bond acceptors (Lipinski definition) is 2. The minimum atomic E-state index is -0.0211. The highest BCUT2D eigenvalue weighted by molar-refractivity contribution is 5.79. The van der Waals surface area contributed by atoms with Crippen LogP contribution in [0.2, 0.25) is 0 Å². The average Bonchev–Trinajstić information content (AvgIpc) is 2.50. The Morgan fingerprint density at radius 2 is 1.82 bits per heavy atom. The molecule has 1 amide bonds. The van der Waals surface area contributed by atoms with E-state index in [4.69, 9.17) is 4.74 Å². The van der Waals surface area contributed by atoms with Gasteiger partial charge in [0.15, 0.2) is 0 Å². The lowest BCUT2D eigenvalue weighted by atomic mass is 10.0. The summed E-state index contributed by atoms with van der Waals surface area (Å²) in [4.78, 5) is 12.2. The molecule has 0 saturated heterocycles. The Morgan fingerprint density at radius 3 is 2.45 bits per heavy atom. The third-order valence-electron chi connectivity index (χ3n) is 3.68. The van der Waals surface area contributed by atoms with Crippen molar-refractivity contribution in [1.29, 1.82) is 0 Å². The molecule has 0 saturated carbocycles. The lowest BCUT2D eigenvalue weighted by molar-refractivity contribution is -0.121. The summed E-state index contributed by atoms with van der Waals surface area (Å²) >= 11 is 0. The fourth-order valence-electron chi connectivity index (χ4n) is 2.38. The minimum Gasteiger partial charge on any atom is -0.494 e. The van der Waals surface area contributed by atoms with Gasteiger partial charge in [-0.25, -0.2) is 0 Å². The third-order valence-corrected chi connectivity index (χ3v) is 3.68. The van der Waals surface area contributed by atoms with E-state index in [9.17, 15) is 4.79 Å². The predicted molar refractivity (Wildman–Crippen MR) is 89.1 cm³/mol. The second-order valence-corrected chi connectivity index (χ2v) is 5.39. The first kappa shape index (κ1) is 16.1. The maximum Gasteiger partial charge on any atom is 0.224 e. The third kappa shape index (κ3) is 4.35. The molecule has 2 rings (SSSR count). The van der Waals surface area contributed by atoms with Crippen LogP contribution in [0.5, 0.6) is 5.75 Å². The van der Waals surface area contributed by atoms with E-state index in [-0.39, 0.29) is 11.9 Å². The fraction of sp³-hybridized carbons (Fsp3) is 0.316. The number of ether oxygens (including phenoxy) is 1. The van der Waals surface area contributed by atoms with Crippen molar-refractivity contribution in [3.05, 3.63) is 65.2 Å². The first-order valence-corrected chi connectivity index (χ1v) is 7.66. The molecule has 116 valence electrons. The summed E-state index contributed by atoms with van der Waals surface area (Å²) in [6.45, 7) is 6.63. The van der Waals surface area contributed by atoms with Crippen LogP contribution in [0, 0.1) is 6.92 Å². The van der Waals surface area contributed by atoms with E-state index in [2.05, 4.69) is 5.32 Å². The minimum absolute atomic E-state index is 0.0211. The number of rotatable bonds is 6. The van der Waals surface area contributed by atoms with Gasteiger partial charge in [-0.3, -0.25) is 4.79 Å². The zero-order valence-electron chi connectivity index (χ0n) is 13.4. The fourth-order valence-corrected chi connectivity index (χ4v) is 2.38. The number of carbonyl (C=O) groups excluding carboxylic acids is 1. The Kier molecular flexibility index (Phi) is 5.59. The highest BCUT2D eigenvalue weighted by Gasteiger charge is 2.11. The molecule has 0 radical (unpaired) electrons. The lowest BCUT2D eigenvalue weighted by Gasteiger charge is -2.15. The number of amides is 1. The standard InChI is InChI=1S/C19H23NO2/c1-4-22-18-11-9-16(10-12-18)15(3)20-19(21)13-17-8-6-5-7-14(17)2/h5-12,15H,4,13H2,1-3H3,(H,20,21). The smallest absolute Gasteiger partial charge is 0.224 e. The molecule has 3 nitrogen and oxygen atoms in total. The summed E-state index contributed by atoms with van der Waals surface area (Å²) in [5.74, 6) is 0.889. The van der Waals surface area contributed by atoms with Crippen LogP contribution in [0.25, 0.3) is 0 Å². The zero-order valence-corrected chi connectivity index (χ0v) is 13.4. The van der Waals surface area contributed by atoms with E-state index < -0.39 is 0 Å². The Balaban J connectivity index is 1.94. The topological polar surface area (TPSA) is 38.3 Å². The summed E-state index contributed by atoms with van der Waals surface area (Å²) in [6, 6.07) is 15.8. The lowest BCUT2D eigenvalue weighted by Crippen LogP contribution is -2.28. The van der Waals surface area contributed by atoms with Gasteiger partial charge in [-0.1, -0.05) is 36.4 Å². The van der Waals surface area contributed by atoms with Crippen molar-refractivity contribution < 1.29 is 9.53 Å². The summed E-state index contributed by atoms with van der Waals surface area (Å²) in [7, 11) is 0. The van der Waals surface area contributed by atoms with Gasteiger partial charge in [0.2, 0.25) is 5.91 Å². The van der Waals surface area contributed by atoms with E-state index in [1.807, 2.05) is 69.3 Å². The molecule has 0 fully saturated rings. The van der Waals surface area contributed by atoms with Crippen molar-refractivity contribution >= 4 is 5.91 Å². The Bertz CT molecular complexity index is 620. The molecule has 0 aliphatic rings. The predicted octanol–water partition coefficient (Wildman–Crippen LogP) is 3.81. The van der Waals surface area contributed by atoms with Gasteiger partial charge >= 0.3 is 0 Å². The molecule has 0 aliphatic carbocycles. The highest BCUT2D eigenvalue weighted by Crippen LogP contribution is 2.18. The SMILES string of the molecule is CCOc1ccc(C(C)NC(=O)Cc2ccccc2C)cc1. The van der Waals surface area contributed by atoms with Gasteiger partial charge in [-0.2, -0.15) is 0 Å². The van der Waals surface area contributed by atoms with Gasteiger partial charge in [0.25, 0.3) is 0 Å². The van der Waals surface area contributed by atoms with Gasteiger partial charge in [-0.05, 0) is 49.6 Å². The molecule has 0 aliphatic heterocycles. The molecule has 2 aromatic carbocycles. The first-order chi connectivity index (χ1) is 10.6. The van der Waals surface area contributed by atoms with Crippen LogP contribution in [-0.2, 0) is 11.2 Å². The van der Waals surface area contributed by atoms with Crippen LogP contribution in [0.3, 0.4) is 0 Å². The molecule has 2 aromatic rings. The van der Waals surface area contributed by atoms with Crippen LogP contribution in [-0.4, -0.2) is 12.5 Å². The number of carbonyl (C=O) groups is 1. The number of nitrogens with one attached hydrogen (secondary N) is 1. The molecule has 1 unspecified atom stereocenters. The molecule has 3 heteroatoms. The van der Waals surface area contributed by atoms with Crippen LogP contribution in [0.4, 0.5) is 0 Å². The molecular formula is C19H23NO2. The summed E-state index contributed by atoms with van der Waals surface area (Å²) < 4.78 is 5.43. The van der Waals surface area contributed by atoms with Crippen molar-refractivity contribution in [1.82, 2.24) is 5.32 Å². The van der Waals surface area contributed by atoms with E-state index in [0.717, 1.165) is 22.4 Å². The summed E-state index contributed by atoms with van der Waals surface area (Å²) in [5, 5.41) is 3.04. The average molecular weight is 297 g/mol. The summed E-state index contributed by atoms with van der Waals surface area (Å²) in [6.07, 6.45) is 0.411. The number of benzene rings is 2. The van der Waals surface area contributed by atoms with Crippen molar-refractivity contribution in [2.45, 2.75) is 33.2 Å². The molecule has 22 heavy (non-hydrogen) atoms. The van der Waals surface area contributed by atoms with Crippen molar-refractivity contribution in [3.63, 3.8) is 0 Å². The molecule has 0 spiro atoms. The van der Waals surface area contributed by atoms with Crippen LogP contribution >= 0.6 is 0 Å². The van der Waals surface area contributed by atoms with Crippen molar-refractivity contribution in [3.8, 4) is 5.75 Å². The number of hydrogen-bond donors (Lipinski definition) is 1. The van der Waals surface area contributed by atoms with Gasteiger partial charge in [0.05, 0.1) is 19.1 Å². The van der Waals surface area contributed by atoms with E-state index >= 15 is 0 Å². The zero-order chi connectivity index (χ0) is 15.9. The van der Waals surface area contributed by atoms with Crippen LogP contribution in [0.1, 0.15) is 36.6 Å². The molecule has 1 N–H and O–H groups in total. The van der Waals surface area contributed by atoms with E-state index in [0.29, 0.717) is 13.0 Å².